The van der Waals surface area contributed by atoms with Crippen LogP contribution in [0, 0.1) is 17.0 Å². The highest BCUT2D eigenvalue weighted by Crippen LogP contribution is 2.40. The van der Waals surface area contributed by atoms with Gasteiger partial charge in [-0.1, -0.05) is 26.8 Å². The first-order chi connectivity index (χ1) is 16.1. The number of pyridine rings is 1. The number of amides is 1. The van der Waals surface area contributed by atoms with E-state index in [1.54, 1.807) is 12.3 Å². The Morgan fingerprint density at radius 3 is 2.65 bits per heavy atom. The maximum Gasteiger partial charge on any atom is 0.275 e. The molecule has 3 heterocycles. The number of carbonyl (C=O) groups excluding carboxylic acids is 1. The number of aliphatic hydroxyl groups is 1. The Balaban J connectivity index is 1.58. The second-order valence-corrected chi connectivity index (χ2v) is 10.2. The van der Waals surface area contributed by atoms with Gasteiger partial charge in [-0.15, -0.1) is 11.3 Å². The van der Waals surface area contributed by atoms with Gasteiger partial charge in [0.1, 0.15) is 22.3 Å². The Morgan fingerprint density at radius 2 is 1.97 bits per heavy atom. The van der Waals surface area contributed by atoms with E-state index in [-0.39, 0.29) is 21.7 Å². The summed E-state index contributed by atoms with van der Waals surface area (Å²) in [6, 6.07) is 4.76. The molecule has 0 spiro atoms. The summed E-state index contributed by atoms with van der Waals surface area (Å²) in [5.74, 6) is -2.06. The number of nitrogens with one attached hydrogen (secondary N) is 1. The van der Waals surface area contributed by atoms with Crippen molar-refractivity contribution in [3.8, 4) is 10.6 Å². The molecule has 34 heavy (non-hydrogen) atoms. The number of carbonyl (C=O) groups is 1. The van der Waals surface area contributed by atoms with E-state index < -0.39 is 41.9 Å². The van der Waals surface area contributed by atoms with Gasteiger partial charge in [0.05, 0.1) is 35.8 Å². The third-order valence-corrected chi connectivity index (χ3v) is 6.62. The molecule has 4 rings (SSSR count). The number of nitrogens with zero attached hydrogens (tertiary/aromatic N) is 2. The van der Waals surface area contributed by atoms with Crippen molar-refractivity contribution < 1.29 is 23.4 Å². The van der Waals surface area contributed by atoms with Gasteiger partial charge in [-0.05, 0) is 30.0 Å². The Bertz CT molecular complexity index is 1180. The van der Waals surface area contributed by atoms with Crippen molar-refractivity contribution >= 4 is 22.9 Å². The van der Waals surface area contributed by atoms with Crippen molar-refractivity contribution in [3.63, 3.8) is 0 Å². The summed E-state index contributed by atoms with van der Waals surface area (Å²) in [6.45, 7) is 5.89. The van der Waals surface area contributed by atoms with E-state index in [4.69, 9.17) is 10.5 Å². The predicted molar refractivity (Wildman–Crippen MR) is 125 cm³/mol. The van der Waals surface area contributed by atoms with Gasteiger partial charge in [0.15, 0.2) is 0 Å². The number of nitrogens with two attached hydrogens (primary N) is 1. The highest BCUT2D eigenvalue weighted by Gasteiger charge is 2.43. The number of hydrogen-bond acceptors (Lipinski definition) is 7. The fourth-order valence-corrected chi connectivity index (χ4v) is 4.86. The lowest BCUT2D eigenvalue weighted by Gasteiger charge is -2.44. The summed E-state index contributed by atoms with van der Waals surface area (Å²) < 4.78 is 34.4. The average molecular weight is 489 g/mol. The molecule has 1 aliphatic rings. The van der Waals surface area contributed by atoms with Crippen molar-refractivity contribution in [1.82, 2.24) is 9.97 Å². The summed E-state index contributed by atoms with van der Waals surface area (Å²) in [7, 11) is 0. The minimum Gasteiger partial charge on any atom is -0.389 e. The van der Waals surface area contributed by atoms with Crippen LogP contribution in [0.5, 0.6) is 0 Å². The van der Waals surface area contributed by atoms with Crippen LogP contribution in [0.4, 0.5) is 14.5 Å². The molecular formula is C24H26F2N4O3S. The minimum atomic E-state index is -0.816. The standard InChI is InChI=1S/C24H26F2N4O3S/c1-24(2,3)21-20(31)15(27)9-18(33-21)12-7-8-28-10-16(12)29-22(32)17-11-34-23(30-17)19-13(25)5-4-6-14(19)26/h4-8,10-11,15,18,20-21,31H,9,27H2,1-3H3,(H,29,32)/t15-,18-,20+,21+/m1/s1. The molecule has 1 saturated heterocycles. The number of thiazole rings is 1. The molecule has 0 aliphatic carbocycles. The number of ether oxygens (including phenoxy) is 1. The number of anilines is 1. The van der Waals surface area contributed by atoms with E-state index in [0.29, 0.717) is 17.7 Å². The third kappa shape index (κ3) is 4.85. The second kappa shape index (κ2) is 9.46. The number of benzene rings is 1. The maximum absolute atomic E-state index is 14.1. The highest BCUT2D eigenvalue weighted by atomic mass is 32.1. The monoisotopic (exact) mass is 488 g/mol. The lowest BCUT2D eigenvalue weighted by atomic mass is 9.79. The van der Waals surface area contributed by atoms with Crippen molar-refractivity contribution in [2.45, 2.75) is 51.5 Å². The molecule has 1 aliphatic heterocycles. The molecule has 7 nitrogen and oxygen atoms in total. The van der Waals surface area contributed by atoms with E-state index in [2.05, 4.69) is 15.3 Å². The molecule has 1 fully saturated rings. The molecule has 1 amide bonds. The number of hydrogen-bond donors (Lipinski definition) is 3. The minimum absolute atomic E-state index is 0.0155. The van der Waals surface area contributed by atoms with Crippen LogP contribution < -0.4 is 11.1 Å². The van der Waals surface area contributed by atoms with Crippen molar-refractivity contribution in [2.75, 3.05) is 5.32 Å². The van der Waals surface area contributed by atoms with Crippen molar-refractivity contribution in [3.05, 3.63) is 64.9 Å². The van der Waals surface area contributed by atoms with Crippen LogP contribution in [-0.4, -0.2) is 39.2 Å². The van der Waals surface area contributed by atoms with E-state index in [9.17, 15) is 18.7 Å². The molecule has 180 valence electrons. The normalized spacial score (nSPS) is 23.0. The van der Waals surface area contributed by atoms with Gasteiger partial charge in [0, 0.05) is 23.2 Å². The first-order valence-electron chi connectivity index (χ1n) is 10.8. The number of rotatable bonds is 4. The Morgan fingerprint density at radius 1 is 1.26 bits per heavy atom. The summed E-state index contributed by atoms with van der Waals surface area (Å²) in [5.41, 5.74) is 6.67. The van der Waals surface area contributed by atoms with E-state index in [1.807, 2.05) is 20.8 Å². The Kier molecular flexibility index (Phi) is 6.77. The molecule has 4 N–H and O–H groups in total. The summed E-state index contributed by atoms with van der Waals surface area (Å²) in [6.07, 6.45) is 1.63. The molecule has 0 unspecified atom stereocenters. The smallest absolute Gasteiger partial charge is 0.275 e. The lowest BCUT2D eigenvalue weighted by molar-refractivity contribution is -0.167. The molecule has 3 aromatic rings. The highest BCUT2D eigenvalue weighted by molar-refractivity contribution is 7.13. The van der Waals surface area contributed by atoms with Crippen LogP contribution in [0.3, 0.4) is 0 Å². The number of aliphatic hydroxyl groups excluding tert-OH is 1. The molecular weight excluding hydrogens is 462 g/mol. The Hall–Kier alpha value is -2.79. The third-order valence-electron chi connectivity index (χ3n) is 5.76. The van der Waals surface area contributed by atoms with Gasteiger partial charge in [-0.2, -0.15) is 0 Å². The Labute approximate surface area is 200 Å². The zero-order valence-corrected chi connectivity index (χ0v) is 19.8. The van der Waals surface area contributed by atoms with Crippen LogP contribution in [0.1, 0.15) is 49.3 Å². The van der Waals surface area contributed by atoms with Crippen molar-refractivity contribution in [1.29, 1.82) is 0 Å². The number of aromatic nitrogens is 2. The van der Waals surface area contributed by atoms with Crippen LogP contribution >= 0.6 is 11.3 Å². The van der Waals surface area contributed by atoms with Crippen LogP contribution in [-0.2, 0) is 4.74 Å². The maximum atomic E-state index is 14.1. The zero-order chi connectivity index (χ0) is 24.6. The lowest BCUT2D eigenvalue weighted by Crippen LogP contribution is -2.54. The fourth-order valence-electron chi connectivity index (χ4n) is 4.01. The van der Waals surface area contributed by atoms with Crippen molar-refractivity contribution in [2.24, 2.45) is 11.1 Å². The van der Waals surface area contributed by atoms with E-state index in [1.165, 1.54) is 17.6 Å². The van der Waals surface area contributed by atoms with E-state index in [0.717, 1.165) is 23.5 Å². The topological polar surface area (TPSA) is 110 Å². The van der Waals surface area contributed by atoms with Crippen LogP contribution in [0.15, 0.2) is 42.0 Å². The SMILES string of the molecule is CC(C)(C)[C@H]1O[C@@H](c2ccncc2NC(=O)c2csc(-c3c(F)cccc3F)n2)C[C@@H](N)[C@@H]1O. The van der Waals surface area contributed by atoms with Gasteiger partial charge >= 0.3 is 0 Å². The van der Waals surface area contributed by atoms with Crippen LogP contribution in [0.2, 0.25) is 0 Å². The predicted octanol–water partition coefficient (Wildman–Crippen LogP) is 4.30. The van der Waals surface area contributed by atoms with Gasteiger partial charge in [-0.3, -0.25) is 9.78 Å². The molecule has 10 heteroatoms. The average Bonchev–Trinajstić information content (AvgIpc) is 3.25. The van der Waals surface area contributed by atoms with E-state index >= 15 is 0 Å². The fraction of sp³-hybridized carbons (Fsp3) is 0.375. The number of halogens is 2. The molecule has 0 saturated carbocycles. The first kappa shape index (κ1) is 24.3. The van der Waals surface area contributed by atoms with Gasteiger partial charge in [-0.25, -0.2) is 13.8 Å². The molecule has 4 atom stereocenters. The van der Waals surface area contributed by atoms with Crippen LogP contribution in [0.25, 0.3) is 10.6 Å². The van der Waals surface area contributed by atoms with Gasteiger partial charge in [0.25, 0.3) is 5.91 Å². The molecule has 1 aromatic carbocycles. The zero-order valence-electron chi connectivity index (χ0n) is 19.0. The quantitative estimate of drug-likeness (QED) is 0.505. The molecule has 0 bridgehead atoms. The largest absolute Gasteiger partial charge is 0.389 e. The van der Waals surface area contributed by atoms with Gasteiger partial charge in [0.2, 0.25) is 0 Å². The summed E-state index contributed by atoms with van der Waals surface area (Å²) in [5, 5.41) is 14.8. The summed E-state index contributed by atoms with van der Waals surface area (Å²) >= 11 is 0.969. The molecule has 0 radical (unpaired) electrons. The van der Waals surface area contributed by atoms with Gasteiger partial charge < -0.3 is 20.9 Å². The second-order valence-electron chi connectivity index (χ2n) is 9.35. The molecule has 2 aromatic heterocycles. The summed E-state index contributed by atoms with van der Waals surface area (Å²) in [4.78, 5) is 21.1. The first-order valence-corrected chi connectivity index (χ1v) is 11.7.